The Balaban J connectivity index is 1.42. The van der Waals surface area contributed by atoms with Crippen LogP contribution in [-0.2, 0) is 12.7 Å². The highest BCUT2D eigenvalue weighted by atomic mass is 35.5. The lowest BCUT2D eigenvalue weighted by molar-refractivity contribution is -0.137. The number of amides is 1. The zero-order valence-corrected chi connectivity index (χ0v) is 16.6. The third-order valence-corrected chi connectivity index (χ3v) is 4.70. The maximum atomic E-state index is 12.9. The van der Waals surface area contributed by atoms with Crippen LogP contribution in [-0.4, -0.2) is 25.9 Å². The van der Waals surface area contributed by atoms with E-state index in [0.717, 1.165) is 17.7 Å². The Morgan fingerprint density at radius 1 is 1.13 bits per heavy atom. The molecule has 0 radical (unpaired) electrons. The van der Waals surface area contributed by atoms with Crippen LogP contribution in [0.5, 0.6) is 0 Å². The van der Waals surface area contributed by atoms with E-state index in [2.05, 4.69) is 20.6 Å². The summed E-state index contributed by atoms with van der Waals surface area (Å²) < 4.78 is 40.0. The van der Waals surface area contributed by atoms with Gasteiger partial charge in [0.25, 0.3) is 5.91 Å². The molecular formula is C21H15ClF3N5O. The fraction of sp³-hybridized carbons (Fsp3) is 0.0952. The molecule has 31 heavy (non-hydrogen) atoms. The smallest absolute Gasteiger partial charge is 0.318 e. The van der Waals surface area contributed by atoms with Crippen LogP contribution in [0.15, 0.2) is 67.0 Å². The molecule has 2 heterocycles. The lowest BCUT2D eigenvalue weighted by Crippen LogP contribution is -2.12. The number of aromatic amines is 1. The van der Waals surface area contributed by atoms with Gasteiger partial charge in [-0.05, 0) is 35.9 Å². The van der Waals surface area contributed by atoms with E-state index in [1.165, 1.54) is 23.1 Å². The average molecular weight is 446 g/mol. The van der Waals surface area contributed by atoms with Gasteiger partial charge in [-0.3, -0.25) is 14.6 Å². The molecule has 0 saturated heterocycles. The highest BCUT2D eigenvalue weighted by molar-refractivity contribution is 6.30. The Bertz CT molecular complexity index is 1210. The monoisotopic (exact) mass is 445 g/mol. The van der Waals surface area contributed by atoms with E-state index in [0.29, 0.717) is 22.0 Å². The third-order valence-electron chi connectivity index (χ3n) is 4.45. The van der Waals surface area contributed by atoms with Gasteiger partial charge in [0.15, 0.2) is 0 Å². The molecule has 2 N–H and O–H groups in total. The van der Waals surface area contributed by atoms with Crippen LogP contribution in [0.3, 0.4) is 0 Å². The molecule has 0 bridgehead atoms. The summed E-state index contributed by atoms with van der Waals surface area (Å²) in [5, 5.41) is 14.2. The van der Waals surface area contributed by atoms with Crippen LogP contribution in [0.4, 0.5) is 18.9 Å². The van der Waals surface area contributed by atoms with Crippen molar-refractivity contribution in [2.24, 2.45) is 0 Å². The molecule has 10 heteroatoms. The summed E-state index contributed by atoms with van der Waals surface area (Å²) >= 11 is 5.88. The van der Waals surface area contributed by atoms with E-state index in [1.807, 2.05) is 0 Å². The van der Waals surface area contributed by atoms with Crippen LogP contribution in [0.25, 0.3) is 11.3 Å². The first kappa shape index (κ1) is 20.7. The first-order valence-corrected chi connectivity index (χ1v) is 9.47. The number of aromatic nitrogens is 4. The number of hydrogen-bond acceptors (Lipinski definition) is 3. The van der Waals surface area contributed by atoms with Gasteiger partial charge < -0.3 is 5.32 Å². The molecule has 0 aliphatic rings. The van der Waals surface area contributed by atoms with E-state index in [9.17, 15) is 18.0 Å². The summed E-state index contributed by atoms with van der Waals surface area (Å²) in [7, 11) is 0. The minimum atomic E-state index is -4.41. The fourth-order valence-electron chi connectivity index (χ4n) is 2.95. The number of hydrogen-bond donors (Lipinski definition) is 2. The first-order chi connectivity index (χ1) is 14.8. The molecule has 0 aliphatic heterocycles. The van der Waals surface area contributed by atoms with E-state index in [1.54, 1.807) is 36.4 Å². The van der Waals surface area contributed by atoms with Gasteiger partial charge in [-0.1, -0.05) is 35.9 Å². The summed E-state index contributed by atoms with van der Waals surface area (Å²) in [6.45, 7) is 0.130. The number of H-pyrrole nitrogens is 1. The Morgan fingerprint density at radius 3 is 2.65 bits per heavy atom. The van der Waals surface area contributed by atoms with Crippen LogP contribution in [0.1, 0.15) is 21.6 Å². The number of carbonyl (C=O) groups is 1. The number of alkyl halides is 3. The zero-order valence-electron chi connectivity index (χ0n) is 15.8. The molecule has 158 valence electrons. The van der Waals surface area contributed by atoms with Crippen molar-refractivity contribution in [1.82, 2.24) is 20.0 Å². The van der Waals surface area contributed by atoms with E-state index >= 15 is 0 Å². The van der Waals surface area contributed by atoms with Crippen molar-refractivity contribution in [3.63, 3.8) is 0 Å². The second-order valence-corrected chi connectivity index (χ2v) is 7.19. The summed E-state index contributed by atoms with van der Waals surface area (Å²) in [5.41, 5.74) is 1.75. The number of benzene rings is 2. The van der Waals surface area contributed by atoms with Crippen molar-refractivity contribution in [3.8, 4) is 11.3 Å². The molecule has 0 saturated carbocycles. The lowest BCUT2D eigenvalue weighted by Gasteiger charge is -2.08. The second kappa shape index (κ2) is 8.27. The molecule has 0 atom stereocenters. The van der Waals surface area contributed by atoms with Gasteiger partial charge in [-0.25, -0.2) is 0 Å². The maximum Gasteiger partial charge on any atom is 0.416 e. The summed E-state index contributed by atoms with van der Waals surface area (Å²) in [5.74, 6) is -0.425. The van der Waals surface area contributed by atoms with Crippen molar-refractivity contribution >= 4 is 23.2 Å². The van der Waals surface area contributed by atoms with E-state index < -0.39 is 17.6 Å². The standard InChI is InChI=1S/C21H15ClF3N5O/c22-16-6-4-14(5-7-16)18-9-19(29-28-18)20(31)27-17-10-26-30(12-17)11-13-2-1-3-15(8-13)21(23,24)25/h1-10,12H,11H2,(H,27,31)(H,28,29). The molecule has 4 aromatic rings. The van der Waals surface area contributed by atoms with Crippen molar-refractivity contribution in [1.29, 1.82) is 0 Å². The van der Waals surface area contributed by atoms with Gasteiger partial charge in [0, 0.05) is 16.8 Å². The summed E-state index contributed by atoms with van der Waals surface area (Å²) in [6.07, 6.45) is -1.45. The fourth-order valence-corrected chi connectivity index (χ4v) is 3.08. The molecule has 4 rings (SSSR count). The molecule has 0 aliphatic carbocycles. The Hall–Kier alpha value is -3.59. The SMILES string of the molecule is O=C(Nc1cnn(Cc2cccc(C(F)(F)F)c2)c1)c1cc(-c2ccc(Cl)cc2)n[nH]1. The molecule has 6 nitrogen and oxygen atoms in total. The average Bonchev–Trinajstić information content (AvgIpc) is 3.38. The van der Waals surface area contributed by atoms with Crippen molar-refractivity contribution in [2.45, 2.75) is 12.7 Å². The minimum Gasteiger partial charge on any atom is -0.318 e. The van der Waals surface area contributed by atoms with E-state index in [4.69, 9.17) is 11.6 Å². The normalized spacial score (nSPS) is 11.5. The molecule has 0 spiro atoms. The Morgan fingerprint density at radius 2 is 1.90 bits per heavy atom. The van der Waals surface area contributed by atoms with Crippen molar-refractivity contribution < 1.29 is 18.0 Å². The van der Waals surface area contributed by atoms with Gasteiger partial charge in [0.05, 0.1) is 29.7 Å². The number of anilines is 1. The maximum absolute atomic E-state index is 12.9. The van der Waals surface area contributed by atoms with E-state index in [-0.39, 0.29) is 12.2 Å². The summed E-state index contributed by atoms with van der Waals surface area (Å²) in [6, 6.07) is 13.7. The van der Waals surface area contributed by atoms with Crippen molar-refractivity contribution in [3.05, 3.63) is 88.8 Å². The molecule has 0 fully saturated rings. The molecule has 2 aromatic heterocycles. The zero-order chi connectivity index (χ0) is 22.0. The Labute approximate surface area is 179 Å². The second-order valence-electron chi connectivity index (χ2n) is 6.75. The molecule has 1 amide bonds. The highest BCUT2D eigenvalue weighted by Crippen LogP contribution is 2.29. The molecule has 2 aromatic carbocycles. The number of nitrogens with zero attached hydrogens (tertiary/aromatic N) is 3. The summed E-state index contributed by atoms with van der Waals surface area (Å²) in [4.78, 5) is 12.5. The minimum absolute atomic E-state index is 0.130. The van der Waals surface area contributed by atoms with Crippen LogP contribution in [0, 0.1) is 0 Å². The Kier molecular flexibility index (Phi) is 5.51. The van der Waals surface area contributed by atoms with Crippen molar-refractivity contribution in [2.75, 3.05) is 5.32 Å². The van der Waals surface area contributed by atoms with Gasteiger partial charge >= 0.3 is 6.18 Å². The lowest BCUT2D eigenvalue weighted by atomic mass is 10.1. The largest absolute Gasteiger partial charge is 0.416 e. The van der Waals surface area contributed by atoms with Crippen LogP contribution < -0.4 is 5.32 Å². The highest BCUT2D eigenvalue weighted by Gasteiger charge is 2.30. The van der Waals surface area contributed by atoms with Gasteiger partial charge in [-0.15, -0.1) is 0 Å². The third kappa shape index (κ3) is 4.95. The number of nitrogens with one attached hydrogen (secondary N) is 2. The van der Waals surface area contributed by atoms with Crippen LogP contribution in [0.2, 0.25) is 5.02 Å². The predicted molar refractivity (Wildman–Crippen MR) is 110 cm³/mol. The van der Waals surface area contributed by atoms with Gasteiger partial charge in [0.2, 0.25) is 0 Å². The number of halogens is 4. The molecular weight excluding hydrogens is 431 g/mol. The number of rotatable bonds is 5. The first-order valence-electron chi connectivity index (χ1n) is 9.09. The quantitative estimate of drug-likeness (QED) is 0.441. The predicted octanol–water partition coefficient (Wildman–Crippen LogP) is 5.25. The number of carbonyl (C=O) groups excluding carboxylic acids is 1. The molecule has 0 unspecified atom stereocenters. The van der Waals surface area contributed by atoms with Gasteiger partial charge in [-0.2, -0.15) is 23.4 Å². The van der Waals surface area contributed by atoms with Gasteiger partial charge in [0.1, 0.15) is 5.69 Å². The van der Waals surface area contributed by atoms with Crippen LogP contribution >= 0.6 is 11.6 Å². The topological polar surface area (TPSA) is 75.6 Å².